The van der Waals surface area contributed by atoms with E-state index in [1.165, 1.54) is 0 Å². The molecule has 4 heteroatoms. The zero-order chi connectivity index (χ0) is 7.98. The van der Waals surface area contributed by atoms with Crippen LogP contribution in [-0.4, -0.2) is 30.7 Å². The van der Waals surface area contributed by atoms with Gasteiger partial charge in [-0.3, -0.25) is 0 Å². The number of rotatable bonds is 5. The van der Waals surface area contributed by atoms with E-state index >= 15 is 0 Å². The second kappa shape index (κ2) is 5.56. The lowest BCUT2D eigenvalue weighted by Crippen LogP contribution is -2.32. The second-order valence-electron chi connectivity index (χ2n) is 2.11. The van der Waals surface area contributed by atoms with Crippen LogP contribution in [0.1, 0.15) is 13.3 Å². The quantitative estimate of drug-likeness (QED) is 0.567. The molecule has 0 rings (SSSR count). The molecule has 0 fully saturated rings. The Morgan fingerprint density at radius 1 is 1.50 bits per heavy atom. The zero-order valence-corrected chi connectivity index (χ0v) is 5.98. The van der Waals surface area contributed by atoms with Crippen LogP contribution in [0.2, 0.25) is 0 Å². The molecule has 0 saturated heterocycles. The normalized spacial score (nSPS) is 14.1. The lowest BCUT2D eigenvalue weighted by atomic mass is 10.3. The van der Waals surface area contributed by atoms with Crippen molar-refractivity contribution in [1.82, 2.24) is 5.32 Å². The third-order valence-corrected chi connectivity index (χ3v) is 1.07. The number of alkyl halides is 2. The Kier molecular flexibility index (Phi) is 5.43. The SMILES string of the molecule is CCCNCC(O)C(F)F. The van der Waals surface area contributed by atoms with Gasteiger partial charge in [-0.25, -0.2) is 8.78 Å². The third-order valence-electron chi connectivity index (χ3n) is 1.07. The van der Waals surface area contributed by atoms with Crippen molar-refractivity contribution >= 4 is 0 Å². The smallest absolute Gasteiger partial charge is 0.265 e. The number of halogens is 2. The van der Waals surface area contributed by atoms with E-state index in [0.717, 1.165) is 6.42 Å². The van der Waals surface area contributed by atoms with E-state index in [1.54, 1.807) is 0 Å². The summed E-state index contributed by atoms with van der Waals surface area (Å²) in [6, 6.07) is 0. The van der Waals surface area contributed by atoms with Crippen molar-refractivity contribution in [3.63, 3.8) is 0 Å². The van der Waals surface area contributed by atoms with Gasteiger partial charge in [0.1, 0.15) is 6.10 Å². The lowest BCUT2D eigenvalue weighted by Gasteiger charge is -2.08. The van der Waals surface area contributed by atoms with E-state index in [0.29, 0.717) is 6.54 Å². The molecule has 0 radical (unpaired) electrons. The molecule has 0 amide bonds. The van der Waals surface area contributed by atoms with Crippen LogP contribution in [0.15, 0.2) is 0 Å². The van der Waals surface area contributed by atoms with E-state index in [9.17, 15) is 8.78 Å². The van der Waals surface area contributed by atoms with Crippen molar-refractivity contribution in [3.8, 4) is 0 Å². The van der Waals surface area contributed by atoms with E-state index in [1.807, 2.05) is 6.92 Å². The van der Waals surface area contributed by atoms with Gasteiger partial charge in [-0.2, -0.15) is 0 Å². The predicted molar refractivity (Wildman–Crippen MR) is 35.2 cm³/mol. The maximum atomic E-state index is 11.6. The third kappa shape index (κ3) is 4.64. The topological polar surface area (TPSA) is 32.3 Å². The standard InChI is InChI=1S/C6H13F2NO/c1-2-3-9-4-5(10)6(7)8/h5-6,9-10H,2-4H2,1H3. The van der Waals surface area contributed by atoms with Crippen LogP contribution < -0.4 is 5.32 Å². The van der Waals surface area contributed by atoms with Crippen LogP contribution in [0.5, 0.6) is 0 Å². The Hall–Kier alpha value is -0.220. The van der Waals surface area contributed by atoms with Gasteiger partial charge in [0.05, 0.1) is 0 Å². The second-order valence-corrected chi connectivity index (χ2v) is 2.11. The molecule has 0 aromatic heterocycles. The first-order chi connectivity index (χ1) is 4.68. The Morgan fingerprint density at radius 2 is 2.10 bits per heavy atom. The fraction of sp³-hybridized carbons (Fsp3) is 1.00. The lowest BCUT2D eigenvalue weighted by molar-refractivity contribution is -0.00312. The van der Waals surface area contributed by atoms with Gasteiger partial charge in [-0.15, -0.1) is 0 Å². The average molecular weight is 153 g/mol. The summed E-state index contributed by atoms with van der Waals surface area (Å²) in [5.41, 5.74) is 0. The molecule has 0 heterocycles. The minimum absolute atomic E-state index is 0.0223. The fourth-order valence-electron chi connectivity index (χ4n) is 0.516. The van der Waals surface area contributed by atoms with Gasteiger partial charge < -0.3 is 10.4 Å². The number of aliphatic hydroxyl groups is 1. The zero-order valence-electron chi connectivity index (χ0n) is 5.98. The molecule has 1 atom stereocenters. The van der Waals surface area contributed by atoms with Crippen molar-refractivity contribution in [2.45, 2.75) is 25.9 Å². The summed E-state index contributed by atoms with van der Waals surface area (Å²) in [5.74, 6) is 0. The van der Waals surface area contributed by atoms with Gasteiger partial charge in [-0.05, 0) is 13.0 Å². The van der Waals surface area contributed by atoms with E-state index in [4.69, 9.17) is 5.11 Å². The highest BCUT2D eigenvalue weighted by Crippen LogP contribution is 1.97. The highest BCUT2D eigenvalue weighted by atomic mass is 19.3. The summed E-state index contributed by atoms with van der Waals surface area (Å²) in [7, 11) is 0. The highest BCUT2D eigenvalue weighted by molar-refractivity contribution is 4.60. The first-order valence-electron chi connectivity index (χ1n) is 3.35. The molecule has 0 aromatic carbocycles. The molecular formula is C6H13F2NO. The molecule has 10 heavy (non-hydrogen) atoms. The van der Waals surface area contributed by atoms with Crippen molar-refractivity contribution in [2.75, 3.05) is 13.1 Å². The molecule has 0 bridgehead atoms. The van der Waals surface area contributed by atoms with Gasteiger partial charge in [0.15, 0.2) is 0 Å². The van der Waals surface area contributed by atoms with E-state index in [-0.39, 0.29) is 6.54 Å². The van der Waals surface area contributed by atoms with Crippen molar-refractivity contribution < 1.29 is 13.9 Å². The van der Waals surface area contributed by atoms with E-state index < -0.39 is 12.5 Å². The fourth-order valence-corrected chi connectivity index (χ4v) is 0.516. The number of aliphatic hydroxyl groups excluding tert-OH is 1. The van der Waals surface area contributed by atoms with Gasteiger partial charge >= 0.3 is 0 Å². The van der Waals surface area contributed by atoms with Crippen LogP contribution >= 0.6 is 0 Å². The van der Waals surface area contributed by atoms with Gasteiger partial charge in [-0.1, -0.05) is 6.92 Å². The summed E-state index contributed by atoms with van der Waals surface area (Å²) in [4.78, 5) is 0. The molecule has 0 saturated carbocycles. The number of hydrogen-bond acceptors (Lipinski definition) is 2. The summed E-state index contributed by atoms with van der Waals surface area (Å²) < 4.78 is 23.1. The van der Waals surface area contributed by atoms with Crippen LogP contribution in [0.25, 0.3) is 0 Å². The number of nitrogens with one attached hydrogen (secondary N) is 1. The molecular weight excluding hydrogens is 140 g/mol. The van der Waals surface area contributed by atoms with Crippen molar-refractivity contribution in [2.24, 2.45) is 0 Å². The molecule has 0 aliphatic carbocycles. The molecule has 2 N–H and O–H groups in total. The Balaban J connectivity index is 3.13. The molecule has 0 aliphatic heterocycles. The maximum absolute atomic E-state index is 11.6. The van der Waals surface area contributed by atoms with Gasteiger partial charge in [0, 0.05) is 6.54 Å². The predicted octanol–water partition coefficient (Wildman–Crippen LogP) is 0.612. The minimum Gasteiger partial charge on any atom is -0.386 e. The maximum Gasteiger partial charge on any atom is 0.265 e. The van der Waals surface area contributed by atoms with Crippen LogP contribution in [0.3, 0.4) is 0 Å². The molecule has 1 unspecified atom stereocenters. The minimum atomic E-state index is -2.63. The van der Waals surface area contributed by atoms with Crippen LogP contribution in [0.4, 0.5) is 8.78 Å². The monoisotopic (exact) mass is 153 g/mol. The van der Waals surface area contributed by atoms with Gasteiger partial charge in [0.2, 0.25) is 0 Å². The molecule has 0 spiro atoms. The summed E-state index contributed by atoms with van der Waals surface area (Å²) in [5, 5.41) is 11.2. The summed E-state index contributed by atoms with van der Waals surface area (Å²) in [6.45, 7) is 2.58. The molecule has 0 aliphatic rings. The number of hydrogen-bond donors (Lipinski definition) is 2. The van der Waals surface area contributed by atoms with E-state index in [2.05, 4.69) is 5.32 Å². The Bertz CT molecular complexity index is 80.1. The summed E-state index contributed by atoms with van der Waals surface area (Å²) >= 11 is 0. The summed E-state index contributed by atoms with van der Waals surface area (Å²) in [6.07, 6.45) is -3.27. The Morgan fingerprint density at radius 3 is 2.50 bits per heavy atom. The first-order valence-corrected chi connectivity index (χ1v) is 3.35. The Labute approximate surface area is 59.2 Å². The first kappa shape index (κ1) is 9.78. The average Bonchev–Trinajstić information content (AvgIpc) is 1.88. The van der Waals surface area contributed by atoms with Crippen molar-refractivity contribution in [3.05, 3.63) is 0 Å². The van der Waals surface area contributed by atoms with Crippen molar-refractivity contribution in [1.29, 1.82) is 0 Å². The van der Waals surface area contributed by atoms with Crippen LogP contribution in [-0.2, 0) is 0 Å². The molecule has 0 aromatic rings. The van der Waals surface area contributed by atoms with Crippen LogP contribution in [0, 0.1) is 0 Å². The highest BCUT2D eigenvalue weighted by Gasteiger charge is 2.14. The molecule has 62 valence electrons. The van der Waals surface area contributed by atoms with Gasteiger partial charge in [0.25, 0.3) is 6.43 Å². The molecule has 2 nitrogen and oxygen atoms in total. The largest absolute Gasteiger partial charge is 0.386 e.